The highest BCUT2D eigenvalue weighted by molar-refractivity contribution is 6.90. The van der Waals surface area contributed by atoms with Gasteiger partial charge in [0.25, 0.3) is 0 Å². The van der Waals surface area contributed by atoms with Crippen molar-refractivity contribution in [2.75, 3.05) is 0 Å². The van der Waals surface area contributed by atoms with Gasteiger partial charge in [-0.15, -0.1) is 0 Å². The van der Waals surface area contributed by atoms with Crippen LogP contribution in [0.25, 0.3) is 0 Å². The summed E-state index contributed by atoms with van der Waals surface area (Å²) in [5, 5.41) is 0. The van der Waals surface area contributed by atoms with E-state index in [4.69, 9.17) is 17.2 Å². The fourth-order valence-corrected chi connectivity index (χ4v) is 10.0. The van der Waals surface area contributed by atoms with Crippen LogP contribution in [0.3, 0.4) is 0 Å². The Morgan fingerprint density at radius 3 is 1.04 bits per heavy atom. The normalized spacial score (nSPS) is 17.1. The van der Waals surface area contributed by atoms with Gasteiger partial charge in [0.1, 0.15) is 0 Å². The Bertz CT molecular complexity index is 406. The molecule has 0 radical (unpaired) electrons. The van der Waals surface area contributed by atoms with Gasteiger partial charge < -0.3 is 17.2 Å². The summed E-state index contributed by atoms with van der Waals surface area (Å²) in [5.41, 5.74) is 16.0. The Hall–Kier alpha value is -1.37. The van der Waals surface area contributed by atoms with Crippen molar-refractivity contribution < 1.29 is 14.4 Å². The minimum Gasteiger partial charge on any atom is -0.370 e. The first-order chi connectivity index (χ1) is 12.2. The molecule has 3 amide bonds. The summed E-state index contributed by atoms with van der Waals surface area (Å²) >= 11 is 0. The standard InChI is InChI=1S/C19H39N3O3Si/c1-5-8-11-14(17(20)23)26(4,15(18(21)24)12-9-6-2)16(19(22)25)13-10-7-3/h14-16H,5-13H2,1-4H3,(H2,20,23)(H2,21,24)(H2,22,25). The molecule has 0 saturated heterocycles. The van der Waals surface area contributed by atoms with Crippen molar-refractivity contribution in [3.05, 3.63) is 0 Å². The molecule has 26 heavy (non-hydrogen) atoms. The van der Waals surface area contributed by atoms with Gasteiger partial charge in [0.15, 0.2) is 0 Å². The average Bonchev–Trinajstić information content (AvgIpc) is 2.54. The monoisotopic (exact) mass is 385 g/mol. The third-order valence-electron chi connectivity index (χ3n) is 5.82. The van der Waals surface area contributed by atoms with E-state index in [0.29, 0.717) is 19.3 Å². The Labute approximate surface area is 159 Å². The van der Waals surface area contributed by atoms with Crippen molar-refractivity contribution in [3.8, 4) is 0 Å². The van der Waals surface area contributed by atoms with Crippen LogP contribution in [0.1, 0.15) is 78.6 Å². The van der Waals surface area contributed by atoms with E-state index in [1.807, 2.05) is 27.3 Å². The van der Waals surface area contributed by atoms with Crippen LogP contribution in [0.4, 0.5) is 0 Å². The Balaban J connectivity index is 6.25. The molecule has 6 N–H and O–H groups in total. The van der Waals surface area contributed by atoms with E-state index in [1.54, 1.807) is 0 Å². The zero-order valence-electron chi connectivity index (χ0n) is 17.1. The fourth-order valence-electron chi connectivity index (χ4n) is 4.23. The van der Waals surface area contributed by atoms with E-state index in [0.717, 1.165) is 38.5 Å². The molecule has 0 aliphatic carbocycles. The molecule has 7 heteroatoms. The number of carbonyl (C=O) groups is 3. The molecule has 0 aromatic carbocycles. The molecular weight excluding hydrogens is 346 g/mol. The summed E-state index contributed by atoms with van der Waals surface area (Å²) in [4.78, 5) is 37.2. The van der Waals surface area contributed by atoms with Gasteiger partial charge >= 0.3 is 0 Å². The predicted molar refractivity (Wildman–Crippen MR) is 109 cm³/mol. The van der Waals surface area contributed by atoms with E-state index in [9.17, 15) is 14.4 Å². The van der Waals surface area contributed by atoms with Gasteiger partial charge in [-0.1, -0.05) is 65.8 Å². The van der Waals surface area contributed by atoms with Gasteiger partial charge in [0.2, 0.25) is 17.7 Å². The number of hydrogen-bond acceptors (Lipinski definition) is 3. The molecule has 3 atom stereocenters. The van der Waals surface area contributed by atoms with E-state index < -0.39 is 42.4 Å². The lowest BCUT2D eigenvalue weighted by Crippen LogP contribution is -2.56. The third kappa shape index (κ3) is 6.41. The van der Waals surface area contributed by atoms with Crippen LogP contribution in [-0.4, -0.2) is 25.8 Å². The molecule has 6 nitrogen and oxygen atoms in total. The average molecular weight is 386 g/mol. The lowest BCUT2D eigenvalue weighted by atomic mass is 10.1. The maximum absolute atomic E-state index is 12.4. The van der Waals surface area contributed by atoms with Crippen molar-refractivity contribution in [2.24, 2.45) is 17.2 Å². The molecular formula is C19H39N3O3Si. The van der Waals surface area contributed by atoms with Crippen LogP contribution < -0.4 is 17.2 Å². The number of rotatable bonds is 15. The molecule has 0 spiro atoms. The topological polar surface area (TPSA) is 129 Å². The first kappa shape index (κ1) is 24.6. The van der Waals surface area contributed by atoms with Crippen molar-refractivity contribution in [1.29, 1.82) is 0 Å². The summed E-state index contributed by atoms with van der Waals surface area (Å²) in [6.45, 7) is 8.10. The quantitative estimate of drug-likeness (QED) is 0.374. The van der Waals surface area contributed by atoms with E-state index in [1.165, 1.54) is 0 Å². The molecule has 3 unspecified atom stereocenters. The number of hydrogen-bond donors (Lipinski definition) is 3. The summed E-state index contributed by atoms with van der Waals surface area (Å²) < 4.78 is 0. The maximum Gasteiger partial charge on any atom is 0.217 e. The predicted octanol–water partition coefficient (Wildman–Crippen LogP) is 3.20. The largest absolute Gasteiger partial charge is 0.370 e. The molecule has 0 saturated carbocycles. The number of nitrogens with two attached hydrogens (primary N) is 3. The lowest BCUT2D eigenvalue weighted by molar-refractivity contribution is -0.118. The van der Waals surface area contributed by atoms with Crippen molar-refractivity contribution in [2.45, 2.75) is 102 Å². The molecule has 0 aliphatic heterocycles. The maximum atomic E-state index is 12.4. The molecule has 0 fully saturated rings. The fraction of sp³-hybridized carbons (Fsp3) is 0.842. The third-order valence-corrected chi connectivity index (χ3v) is 12.0. The van der Waals surface area contributed by atoms with E-state index in [2.05, 4.69) is 0 Å². The van der Waals surface area contributed by atoms with E-state index in [-0.39, 0.29) is 0 Å². The van der Waals surface area contributed by atoms with Gasteiger partial charge in [-0.2, -0.15) is 0 Å². The summed E-state index contributed by atoms with van der Waals surface area (Å²) in [6, 6.07) is 0. The second-order valence-electron chi connectivity index (χ2n) is 7.66. The molecule has 0 rings (SSSR count). The number of carbonyl (C=O) groups excluding carboxylic acids is 3. The number of primary amides is 3. The Kier molecular flexibility index (Phi) is 11.5. The van der Waals surface area contributed by atoms with Crippen LogP contribution in [0.15, 0.2) is 0 Å². The molecule has 0 aromatic rings. The lowest BCUT2D eigenvalue weighted by Gasteiger charge is -2.44. The Morgan fingerprint density at radius 2 is 0.885 bits per heavy atom. The van der Waals surface area contributed by atoms with Crippen LogP contribution in [0.2, 0.25) is 23.2 Å². The molecule has 0 aromatic heterocycles. The Morgan fingerprint density at radius 1 is 0.654 bits per heavy atom. The van der Waals surface area contributed by atoms with Crippen LogP contribution in [-0.2, 0) is 14.4 Å². The van der Waals surface area contributed by atoms with Crippen LogP contribution in [0, 0.1) is 0 Å². The molecule has 0 aliphatic rings. The van der Waals surface area contributed by atoms with Gasteiger partial charge in [0, 0.05) is 16.6 Å². The summed E-state index contributed by atoms with van der Waals surface area (Å²) in [7, 11) is -2.86. The van der Waals surface area contributed by atoms with Crippen molar-refractivity contribution in [1.82, 2.24) is 0 Å². The summed E-state index contributed by atoms with van der Waals surface area (Å²) in [5.74, 6) is -1.26. The van der Waals surface area contributed by atoms with E-state index >= 15 is 0 Å². The minimum atomic E-state index is -2.86. The van der Waals surface area contributed by atoms with Crippen LogP contribution >= 0.6 is 0 Å². The van der Waals surface area contributed by atoms with Gasteiger partial charge in [-0.05, 0) is 19.3 Å². The zero-order valence-corrected chi connectivity index (χ0v) is 18.1. The second kappa shape index (κ2) is 12.1. The minimum absolute atomic E-state index is 0.418. The highest BCUT2D eigenvalue weighted by Gasteiger charge is 2.54. The van der Waals surface area contributed by atoms with Crippen molar-refractivity contribution in [3.63, 3.8) is 0 Å². The summed E-state index contributed by atoms with van der Waals surface area (Å²) in [6.07, 6.45) is 7.03. The van der Waals surface area contributed by atoms with Gasteiger partial charge in [0.05, 0.1) is 8.07 Å². The van der Waals surface area contributed by atoms with Crippen LogP contribution in [0.5, 0.6) is 0 Å². The first-order valence-electron chi connectivity index (χ1n) is 10.1. The smallest absolute Gasteiger partial charge is 0.217 e. The van der Waals surface area contributed by atoms with Gasteiger partial charge in [-0.25, -0.2) is 0 Å². The highest BCUT2D eigenvalue weighted by Crippen LogP contribution is 2.48. The number of amides is 3. The molecule has 0 bridgehead atoms. The van der Waals surface area contributed by atoms with Crippen molar-refractivity contribution >= 4 is 25.8 Å². The SMILES string of the molecule is CCCCC(C(N)=O)[Si](C)(C(CCCC)C(N)=O)C(CCCC)C(N)=O. The van der Waals surface area contributed by atoms with Gasteiger partial charge in [-0.3, -0.25) is 14.4 Å². The highest BCUT2D eigenvalue weighted by atomic mass is 28.3. The second-order valence-corrected chi connectivity index (χ2v) is 12.5. The first-order valence-corrected chi connectivity index (χ1v) is 12.8. The number of unbranched alkanes of at least 4 members (excludes halogenated alkanes) is 3. The molecule has 0 heterocycles. The zero-order chi connectivity index (χ0) is 20.3. The molecule has 152 valence electrons.